The van der Waals surface area contributed by atoms with E-state index in [2.05, 4.69) is 15.3 Å². The highest BCUT2D eigenvalue weighted by atomic mass is 32.1. The lowest BCUT2D eigenvalue weighted by molar-refractivity contribution is -0.118. The topological polar surface area (TPSA) is 73.3 Å². The molecular formula is C21H17N3O3S. The second-order valence-electron chi connectivity index (χ2n) is 5.94. The molecule has 4 rings (SSSR count). The Bertz CT molecular complexity index is 1060. The van der Waals surface area contributed by atoms with Crippen molar-refractivity contribution in [2.45, 2.75) is 0 Å². The van der Waals surface area contributed by atoms with Crippen LogP contribution in [0.5, 0.6) is 11.5 Å². The van der Waals surface area contributed by atoms with Crippen LogP contribution in [0.15, 0.2) is 66.9 Å². The lowest BCUT2D eigenvalue weighted by atomic mass is 10.2. The minimum absolute atomic E-state index is 0.0718. The van der Waals surface area contributed by atoms with Gasteiger partial charge in [0, 0.05) is 17.4 Å². The van der Waals surface area contributed by atoms with Crippen molar-refractivity contribution in [1.29, 1.82) is 0 Å². The minimum atomic E-state index is -0.229. The molecule has 0 atom stereocenters. The molecule has 2 heterocycles. The molecular weight excluding hydrogens is 374 g/mol. The average molecular weight is 391 g/mol. The molecule has 0 saturated carbocycles. The van der Waals surface area contributed by atoms with Crippen LogP contribution in [-0.2, 0) is 4.79 Å². The zero-order valence-electron chi connectivity index (χ0n) is 15.1. The van der Waals surface area contributed by atoms with E-state index < -0.39 is 0 Å². The fourth-order valence-electron chi connectivity index (χ4n) is 2.61. The van der Waals surface area contributed by atoms with E-state index in [9.17, 15) is 4.79 Å². The number of aromatic nitrogens is 2. The van der Waals surface area contributed by atoms with Crippen LogP contribution >= 0.6 is 11.3 Å². The molecule has 0 radical (unpaired) electrons. The predicted molar refractivity (Wildman–Crippen MR) is 110 cm³/mol. The fraction of sp³-hybridized carbons (Fsp3) is 0.0952. The number of carbonyl (C=O) groups is 1. The summed E-state index contributed by atoms with van der Waals surface area (Å²) in [5.74, 6) is 1.12. The summed E-state index contributed by atoms with van der Waals surface area (Å²) < 4.78 is 10.6. The van der Waals surface area contributed by atoms with Gasteiger partial charge in [0.05, 0.1) is 7.11 Å². The van der Waals surface area contributed by atoms with Gasteiger partial charge in [-0.15, -0.1) is 0 Å². The van der Waals surface area contributed by atoms with Crippen molar-refractivity contribution in [2.75, 3.05) is 19.0 Å². The van der Waals surface area contributed by atoms with Crippen LogP contribution < -0.4 is 14.8 Å². The number of pyridine rings is 1. The smallest absolute Gasteiger partial charge is 0.262 e. The van der Waals surface area contributed by atoms with Gasteiger partial charge in [-0.05, 0) is 60.7 Å². The highest BCUT2D eigenvalue weighted by Crippen LogP contribution is 2.29. The van der Waals surface area contributed by atoms with Gasteiger partial charge in [-0.3, -0.25) is 4.79 Å². The van der Waals surface area contributed by atoms with Crippen LogP contribution in [0, 0.1) is 0 Å². The Morgan fingerprint density at radius 3 is 2.50 bits per heavy atom. The summed E-state index contributed by atoms with van der Waals surface area (Å²) >= 11 is 1.54. The second kappa shape index (κ2) is 8.06. The van der Waals surface area contributed by atoms with Gasteiger partial charge in [-0.2, -0.15) is 0 Å². The standard InChI is InChI=1S/C21H17N3O3S/c1-26-16-8-10-17(11-9-16)27-13-19(25)23-15-6-4-14(5-7-15)20-24-18-3-2-12-22-21(18)28-20/h2-12H,13H2,1H3,(H,23,25). The Hall–Kier alpha value is -3.45. The van der Waals surface area contributed by atoms with Crippen LogP contribution in [0.25, 0.3) is 20.9 Å². The van der Waals surface area contributed by atoms with Gasteiger partial charge in [0.25, 0.3) is 5.91 Å². The van der Waals surface area contributed by atoms with E-state index in [4.69, 9.17) is 9.47 Å². The zero-order valence-corrected chi connectivity index (χ0v) is 15.9. The van der Waals surface area contributed by atoms with E-state index in [1.165, 1.54) is 11.3 Å². The van der Waals surface area contributed by atoms with Crippen molar-refractivity contribution in [3.63, 3.8) is 0 Å². The van der Waals surface area contributed by atoms with Gasteiger partial charge in [0.15, 0.2) is 6.61 Å². The molecule has 4 aromatic rings. The molecule has 1 N–H and O–H groups in total. The number of ether oxygens (including phenoxy) is 2. The summed E-state index contributed by atoms with van der Waals surface area (Å²) in [6.07, 6.45) is 1.76. The second-order valence-corrected chi connectivity index (χ2v) is 6.91. The Morgan fingerprint density at radius 2 is 1.79 bits per heavy atom. The zero-order chi connectivity index (χ0) is 19.3. The quantitative estimate of drug-likeness (QED) is 0.528. The molecule has 6 nitrogen and oxygen atoms in total. The first-order valence-corrected chi connectivity index (χ1v) is 9.41. The van der Waals surface area contributed by atoms with E-state index in [1.807, 2.05) is 36.4 Å². The molecule has 2 aromatic heterocycles. The van der Waals surface area contributed by atoms with Crippen LogP contribution in [0.1, 0.15) is 0 Å². The number of nitrogens with one attached hydrogen (secondary N) is 1. The number of nitrogens with zero attached hydrogens (tertiary/aromatic N) is 2. The van der Waals surface area contributed by atoms with E-state index in [1.54, 1.807) is 37.6 Å². The minimum Gasteiger partial charge on any atom is -0.497 e. The van der Waals surface area contributed by atoms with Crippen molar-refractivity contribution >= 4 is 33.3 Å². The molecule has 28 heavy (non-hydrogen) atoms. The molecule has 0 unspecified atom stereocenters. The van der Waals surface area contributed by atoms with Crippen molar-refractivity contribution in [2.24, 2.45) is 0 Å². The Kier molecular flexibility index (Phi) is 5.16. The van der Waals surface area contributed by atoms with Crippen molar-refractivity contribution < 1.29 is 14.3 Å². The highest BCUT2D eigenvalue weighted by Gasteiger charge is 2.08. The summed E-state index contributed by atoms with van der Waals surface area (Å²) in [5, 5.41) is 3.72. The number of carbonyl (C=O) groups excluding carboxylic acids is 1. The van der Waals surface area contributed by atoms with Crippen LogP contribution in [0.2, 0.25) is 0 Å². The van der Waals surface area contributed by atoms with E-state index >= 15 is 0 Å². The lowest BCUT2D eigenvalue weighted by Gasteiger charge is -2.08. The number of methoxy groups -OCH3 is 1. The number of hydrogen-bond acceptors (Lipinski definition) is 6. The molecule has 7 heteroatoms. The molecule has 0 fully saturated rings. The average Bonchev–Trinajstić information content (AvgIpc) is 3.17. The number of rotatable bonds is 6. The molecule has 0 aliphatic carbocycles. The molecule has 140 valence electrons. The summed E-state index contributed by atoms with van der Waals surface area (Å²) in [6.45, 7) is -0.0718. The van der Waals surface area contributed by atoms with E-state index in [-0.39, 0.29) is 12.5 Å². The van der Waals surface area contributed by atoms with Gasteiger partial charge in [-0.25, -0.2) is 9.97 Å². The first-order chi connectivity index (χ1) is 13.7. The number of anilines is 1. The fourth-order valence-corrected chi connectivity index (χ4v) is 3.52. The van der Waals surface area contributed by atoms with Gasteiger partial charge in [-0.1, -0.05) is 11.3 Å². The highest BCUT2D eigenvalue weighted by molar-refractivity contribution is 7.21. The van der Waals surface area contributed by atoms with Crippen LogP contribution in [-0.4, -0.2) is 29.6 Å². The lowest BCUT2D eigenvalue weighted by Crippen LogP contribution is -2.20. The van der Waals surface area contributed by atoms with Crippen LogP contribution in [0.3, 0.4) is 0 Å². The largest absolute Gasteiger partial charge is 0.497 e. The monoisotopic (exact) mass is 391 g/mol. The third-order valence-corrected chi connectivity index (χ3v) is 5.04. The van der Waals surface area contributed by atoms with Gasteiger partial charge >= 0.3 is 0 Å². The van der Waals surface area contributed by atoms with Crippen molar-refractivity contribution in [3.05, 3.63) is 66.9 Å². The maximum absolute atomic E-state index is 12.1. The maximum atomic E-state index is 12.1. The molecule has 0 aliphatic rings. The Labute approximate surface area is 165 Å². The maximum Gasteiger partial charge on any atom is 0.262 e. The Morgan fingerprint density at radius 1 is 1.04 bits per heavy atom. The molecule has 0 saturated heterocycles. The number of thiazole rings is 1. The van der Waals surface area contributed by atoms with Gasteiger partial charge < -0.3 is 14.8 Å². The van der Waals surface area contributed by atoms with Crippen molar-refractivity contribution in [1.82, 2.24) is 9.97 Å². The summed E-state index contributed by atoms with van der Waals surface area (Å²) in [5.41, 5.74) is 2.57. The van der Waals surface area contributed by atoms with Gasteiger partial charge in [0.1, 0.15) is 26.9 Å². The van der Waals surface area contributed by atoms with E-state index in [0.29, 0.717) is 11.4 Å². The summed E-state index contributed by atoms with van der Waals surface area (Å²) in [4.78, 5) is 21.9. The number of benzene rings is 2. The van der Waals surface area contributed by atoms with E-state index in [0.717, 1.165) is 26.7 Å². The van der Waals surface area contributed by atoms with Crippen molar-refractivity contribution in [3.8, 4) is 22.1 Å². The van der Waals surface area contributed by atoms with Crippen LogP contribution in [0.4, 0.5) is 5.69 Å². The molecule has 2 aromatic carbocycles. The molecule has 1 amide bonds. The number of fused-ring (bicyclic) bond motifs is 1. The third kappa shape index (κ3) is 4.10. The van der Waals surface area contributed by atoms with Gasteiger partial charge in [0.2, 0.25) is 0 Å². The SMILES string of the molecule is COc1ccc(OCC(=O)Nc2ccc(-c3nc4cccnc4s3)cc2)cc1. The number of hydrogen-bond donors (Lipinski definition) is 1. The first kappa shape index (κ1) is 17.9. The predicted octanol–water partition coefficient (Wildman–Crippen LogP) is 4.38. The summed E-state index contributed by atoms with van der Waals surface area (Å²) in [6, 6.07) is 18.4. The third-order valence-electron chi connectivity index (χ3n) is 4.01. The number of amides is 1. The summed E-state index contributed by atoms with van der Waals surface area (Å²) in [7, 11) is 1.60. The normalized spacial score (nSPS) is 10.6. The Balaban J connectivity index is 1.36. The first-order valence-electron chi connectivity index (χ1n) is 8.60. The molecule has 0 spiro atoms. The molecule has 0 bridgehead atoms. The molecule has 0 aliphatic heterocycles.